The molecule has 0 spiro atoms. The maximum atomic E-state index is 14.0. The molecule has 164 valence electrons. The highest BCUT2D eigenvalue weighted by Gasteiger charge is 2.34. The second-order valence-corrected chi connectivity index (χ2v) is 8.81. The van der Waals surface area contributed by atoms with Crippen molar-refractivity contribution in [3.63, 3.8) is 0 Å². The molecule has 0 radical (unpaired) electrons. The van der Waals surface area contributed by atoms with Gasteiger partial charge in [-0.25, -0.2) is 13.8 Å². The van der Waals surface area contributed by atoms with Crippen molar-refractivity contribution in [1.82, 2.24) is 24.9 Å². The van der Waals surface area contributed by atoms with Gasteiger partial charge in [0, 0.05) is 13.1 Å². The summed E-state index contributed by atoms with van der Waals surface area (Å²) in [6.07, 6.45) is 5.62. The van der Waals surface area contributed by atoms with Crippen LogP contribution >= 0.6 is 11.3 Å². The van der Waals surface area contributed by atoms with Gasteiger partial charge in [0.15, 0.2) is 5.13 Å². The zero-order chi connectivity index (χ0) is 22.2. The fourth-order valence-corrected chi connectivity index (χ4v) is 5.18. The molecule has 4 aromatic rings. The number of rotatable bonds is 5. The Kier molecular flexibility index (Phi) is 5.30. The van der Waals surface area contributed by atoms with Crippen molar-refractivity contribution in [2.24, 2.45) is 0 Å². The van der Waals surface area contributed by atoms with Gasteiger partial charge >= 0.3 is 0 Å². The molecule has 0 unspecified atom stereocenters. The van der Waals surface area contributed by atoms with Gasteiger partial charge in [0.25, 0.3) is 5.91 Å². The van der Waals surface area contributed by atoms with Gasteiger partial charge in [0.1, 0.15) is 11.6 Å². The van der Waals surface area contributed by atoms with Gasteiger partial charge in [-0.2, -0.15) is 15.0 Å². The molecule has 10 heteroatoms. The predicted octanol–water partition coefficient (Wildman–Crippen LogP) is 4.26. The quantitative estimate of drug-likeness (QED) is 0.488. The molecule has 32 heavy (non-hydrogen) atoms. The summed E-state index contributed by atoms with van der Waals surface area (Å²) in [4.78, 5) is 20.9. The fraction of sp³-hybridized carbons (Fsp3) is 0.273. The lowest BCUT2D eigenvalue weighted by Gasteiger charge is -2.30. The molecule has 0 aliphatic heterocycles. The van der Waals surface area contributed by atoms with E-state index in [9.17, 15) is 13.6 Å². The van der Waals surface area contributed by atoms with Crippen molar-refractivity contribution in [3.05, 3.63) is 66.0 Å². The Morgan fingerprint density at radius 2 is 1.88 bits per heavy atom. The molecule has 1 saturated carbocycles. The van der Waals surface area contributed by atoms with Gasteiger partial charge in [-0.3, -0.25) is 4.79 Å². The number of anilines is 1. The van der Waals surface area contributed by atoms with Crippen LogP contribution in [-0.4, -0.2) is 49.9 Å². The molecule has 1 amide bonds. The predicted molar refractivity (Wildman–Crippen MR) is 118 cm³/mol. The highest BCUT2D eigenvalue weighted by Crippen LogP contribution is 2.32. The van der Waals surface area contributed by atoms with E-state index in [1.165, 1.54) is 58.9 Å². The first-order valence-corrected chi connectivity index (χ1v) is 11.1. The van der Waals surface area contributed by atoms with E-state index >= 15 is 0 Å². The number of amides is 1. The Morgan fingerprint density at radius 1 is 1.12 bits per heavy atom. The highest BCUT2D eigenvalue weighted by atomic mass is 32.1. The van der Waals surface area contributed by atoms with Crippen LogP contribution in [0.3, 0.4) is 0 Å². The van der Waals surface area contributed by atoms with Crippen LogP contribution in [0.15, 0.2) is 48.8 Å². The van der Waals surface area contributed by atoms with Crippen molar-refractivity contribution in [2.45, 2.75) is 31.3 Å². The number of benzene rings is 2. The third-order valence-electron chi connectivity index (χ3n) is 5.78. The minimum absolute atomic E-state index is 0.0193. The fourth-order valence-electron chi connectivity index (χ4n) is 4.23. The topological polar surface area (TPSA) is 75.9 Å². The number of likely N-dealkylation sites (N-methyl/N-ethyl adjacent to an activating group) is 1. The SMILES string of the molecule is CN(C(=O)c1cc(F)ccc1-n1nccn1)[C@H]1CCC[C@H]1Nc1nc2ccc(F)cc2s1. The van der Waals surface area contributed by atoms with Crippen molar-refractivity contribution in [1.29, 1.82) is 0 Å². The van der Waals surface area contributed by atoms with Gasteiger partial charge in [0.05, 0.1) is 39.9 Å². The first-order valence-electron chi connectivity index (χ1n) is 10.3. The second-order valence-electron chi connectivity index (χ2n) is 7.78. The highest BCUT2D eigenvalue weighted by molar-refractivity contribution is 7.22. The minimum Gasteiger partial charge on any atom is -0.357 e. The van der Waals surface area contributed by atoms with E-state index in [2.05, 4.69) is 20.5 Å². The molecule has 1 aliphatic carbocycles. The molecule has 1 aliphatic rings. The molecule has 2 atom stereocenters. The summed E-state index contributed by atoms with van der Waals surface area (Å²) in [5.74, 6) is -1.10. The van der Waals surface area contributed by atoms with E-state index < -0.39 is 5.82 Å². The molecule has 2 heterocycles. The Labute approximate surface area is 186 Å². The van der Waals surface area contributed by atoms with E-state index in [0.717, 1.165) is 29.5 Å². The van der Waals surface area contributed by atoms with Gasteiger partial charge in [-0.05, 0) is 55.7 Å². The number of nitrogens with one attached hydrogen (secondary N) is 1. The first-order chi connectivity index (χ1) is 15.5. The first kappa shape index (κ1) is 20.5. The van der Waals surface area contributed by atoms with Crippen LogP contribution in [0.25, 0.3) is 15.9 Å². The smallest absolute Gasteiger partial charge is 0.256 e. The normalized spacial score (nSPS) is 18.2. The van der Waals surface area contributed by atoms with Crippen molar-refractivity contribution >= 4 is 32.6 Å². The van der Waals surface area contributed by atoms with E-state index in [1.807, 2.05) is 0 Å². The molecule has 7 nitrogen and oxygen atoms in total. The number of aromatic nitrogens is 4. The molecule has 1 fully saturated rings. The van der Waals surface area contributed by atoms with Crippen LogP contribution in [-0.2, 0) is 0 Å². The molecule has 0 bridgehead atoms. The summed E-state index contributed by atoms with van der Waals surface area (Å²) in [5, 5.41) is 12.3. The van der Waals surface area contributed by atoms with E-state index in [4.69, 9.17) is 0 Å². The van der Waals surface area contributed by atoms with Gasteiger partial charge in [0.2, 0.25) is 0 Å². The van der Waals surface area contributed by atoms with Crippen LogP contribution in [0, 0.1) is 11.6 Å². The summed E-state index contributed by atoms with van der Waals surface area (Å²) in [7, 11) is 1.73. The second kappa shape index (κ2) is 8.27. The Balaban J connectivity index is 1.39. The number of nitrogens with zero attached hydrogens (tertiary/aromatic N) is 5. The number of carbonyl (C=O) groups is 1. The van der Waals surface area contributed by atoms with E-state index in [0.29, 0.717) is 10.8 Å². The van der Waals surface area contributed by atoms with Crippen LogP contribution in [0.2, 0.25) is 0 Å². The summed E-state index contributed by atoms with van der Waals surface area (Å²) in [6.45, 7) is 0. The van der Waals surface area contributed by atoms with Gasteiger partial charge in [-0.15, -0.1) is 0 Å². The number of halogens is 2. The van der Waals surface area contributed by atoms with Crippen LogP contribution in [0.1, 0.15) is 29.6 Å². The zero-order valence-corrected chi connectivity index (χ0v) is 18.0. The Morgan fingerprint density at radius 3 is 2.69 bits per heavy atom. The molecule has 5 rings (SSSR count). The Bertz CT molecular complexity index is 1270. The molecule has 0 saturated heterocycles. The maximum absolute atomic E-state index is 14.0. The molecular weight excluding hydrogens is 434 g/mol. The summed E-state index contributed by atoms with van der Waals surface area (Å²) < 4.78 is 28.3. The number of fused-ring (bicyclic) bond motifs is 1. The number of hydrogen-bond acceptors (Lipinski definition) is 6. The molecule has 2 aromatic carbocycles. The van der Waals surface area contributed by atoms with Crippen molar-refractivity contribution in [3.8, 4) is 5.69 Å². The average Bonchev–Trinajstić information content (AvgIpc) is 3.53. The molecule has 1 N–H and O–H groups in total. The molecular formula is C22H20F2N6OS. The van der Waals surface area contributed by atoms with Crippen LogP contribution in [0.4, 0.5) is 13.9 Å². The lowest BCUT2D eigenvalue weighted by Crippen LogP contribution is -2.45. The Hall–Kier alpha value is -3.40. The van der Waals surface area contributed by atoms with Crippen molar-refractivity contribution < 1.29 is 13.6 Å². The van der Waals surface area contributed by atoms with Crippen LogP contribution in [0.5, 0.6) is 0 Å². The molecule has 2 aromatic heterocycles. The minimum atomic E-state index is -0.500. The lowest BCUT2D eigenvalue weighted by atomic mass is 10.1. The average molecular weight is 455 g/mol. The third kappa shape index (κ3) is 3.81. The largest absolute Gasteiger partial charge is 0.357 e. The third-order valence-corrected chi connectivity index (χ3v) is 6.73. The zero-order valence-electron chi connectivity index (χ0n) is 17.2. The number of hydrogen-bond donors (Lipinski definition) is 1. The van der Waals surface area contributed by atoms with E-state index in [1.54, 1.807) is 18.0 Å². The summed E-state index contributed by atoms with van der Waals surface area (Å²) in [6, 6.07) is 8.39. The summed E-state index contributed by atoms with van der Waals surface area (Å²) in [5.41, 5.74) is 1.35. The van der Waals surface area contributed by atoms with Gasteiger partial charge < -0.3 is 10.2 Å². The van der Waals surface area contributed by atoms with Crippen LogP contribution < -0.4 is 5.32 Å². The van der Waals surface area contributed by atoms with Crippen molar-refractivity contribution in [2.75, 3.05) is 12.4 Å². The standard InChI is InChI=1S/C22H20F2N6OS/c1-29(21(31)15-11-13(23)6-8-18(15)30-25-9-10-26-30)19-4-2-3-16(19)27-22-28-17-7-5-14(24)12-20(17)32-22/h5-12,16,19H,2-4H2,1H3,(H,27,28)/t16-,19+/m1/s1. The maximum Gasteiger partial charge on any atom is 0.256 e. The summed E-state index contributed by atoms with van der Waals surface area (Å²) >= 11 is 1.38. The number of carbonyl (C=O) groups excluding carboxylic acids is 1. The number of thiazole rings is 1. The lowest BCUT2D eigenvalue weighted by molar-refractivity contribution is 0.0727. The van der Waals surface area contributed by atoms with E-state index in [-0.39, 0.29) is 29.4 Å². The monoisotopic (exact) mass is 454 g/mol. The van der Waals surface area contributed by atoms with Gasteiger partial charge in [-0.1, -0.05) is 11.3 Å².